The SMILES string of the molecule is O=C(NCc1ccc([C@H](O)c2cccs2)s1)c1cc(Cl)ccc1Cl. The standard InChI is InChI=1S/C17H13Cl2NO2S2/c18-10-3-5-13(19)12(8-10)17(22)20-9-11-4-6-15(24-11)16(21)14-2-1-7-23-14/h1-8,16,21H,9H2,(H,20,22)/t16-/m1/s1. The van der Waals surface area contributed by atoms with Crippen molar-refractivity contribution in [1.82, 2.24) is 5.32 Å². The van der Waals surface area contributed by atoms with Gasteiger partial charge in [-0.05, 0) is 41.8 Å². The predicted octanol–water partition coefficient (Wildman–Crippen LogP) is 5.13. The molecule has 0 aliphatic heterocycles. The van der Waals surface area contributed by atoms with Crippen molar-refractivity contribution >= 4 is 51.8 Å². The molecule has 2 N–H and O–H groups in total. The highest BCUT2D eigenvalue weighted by molar-refractivity contribution is 7.12. The minimum atomic E-state index is -0.623. The van der Waals surface area contributed by atoms with E-state index in [4.69, 9.17) is 23.2 Å². The van der Waals surface area contributed by atoms with Crippen LogP contribution >= 0.6 is 45.9 Å². The first-order valence-corrected chi connectivity index (χ1v) is 9.53. The van der Waals surface area contributed by atoms with Crippen LogP contribution in [0.5, 0.6) is 0 Å². The van der Waals surface area contributed by atoms with Gasteiger partial charge in [0, 0.05) is 19.7 Å². The second-order valence-corrected chi connectivity index (χ2v) is 8.05. The molecule has 7 heteroatoms. The van der Waals surface area contributed by atoms with Crippen molar-refractivity contribution in [3.05, 3.63) is 78.1 Å². The van der Waals surface area contributed by atoms with Crippen LogP contribution in [-0.4, -0.2) is 11.0 Å². The van der Waals surface area contributed by atoms with Gasteiger partial charge in [-0.1, -0.05) is 29.3 Å². The minimum Gasteiger partial charge on any atom is -0.382 e. The van der Waals surface area contributed by atoms with E-state index in [9.17, 15) is 9.90 Å². The topological polar surface area (TPSA) is 49.3 Å². The first-order valence-electron chi connectivity index (χ1n) is 7.08. The van der Waals surface area contributed by atoms with Crippen molar-refractivity contribution < 1.29 is 9.90 Å². The number of amides is 1. The number of hydrogen-bond acceptors (Lipinski definition) is 4. The maximum Gasteiger partial charge on any atom is 0.253 e. The monoisotopic (exact) mass is 397 g/mol. The lowest BCUT2D eigenvalue weighted by atomic mass is 10.2. The third-order valence-corrected chi connectivity index (χ3v) is 5.99. The Labute approximate surface area is 157 Å². The molecular formula is C17H13Cl2NO2S2. The zero-order valence-corrected chi connectivity index (χ0v) is 15.5. The third kappa shape index (κ3) is 3.99. The molecule has 24 heavy (non-hydrogen) atoms. The lowest BCUT2D eigenvalue weighted by Crippen LogP contribution is -2.22. The first kappa shape index (κ1) is 17.5. The van der Waals surface area contributed by atoms with Crippen LogP contribution in [-0.2, 0) is 6.54 Å². The molecular weight excluding hydrogens is 385 g/mol. The van der Waals surface area contributed by atoms with Gasteiger partial charge < -0.3 is 10.4 Å². The van der Waals surface area contributed by atoms with Crippen LogP contribution in [0.15, 0.2) is 47.8 Å². The Bertz CT molecular complexity index is 846. The third-order valence-electron chi connectivity index (χ3n) is 3.36. The second-order valence-electron chi connectivity index (χ2n) is 5.03. The van der Waals surface area contributed by atoms with Crippen LogP contribution in [0.4, 0.5) is 0 Å². The summed E-state index contributed by atoms with van der Waals surface area (Å²) in [6.07, 6.45) is -0.623. The normalized spacial score (nSPS) is 12.1. The number of benzene rings is 1. The molecule has 2 heterocycles. The summed E-state index contributed by atoms with van der Waals surface area (Å²) in [5, 5.41) is 15.9. The van der Waals surface area contributed by atoms with Gasteiger partial charge in [0.25, 0.3) is 5.91 Å². The maximum atomic E-state index is 12.2. The fourth-order valence-electron chi connectivity index (χ4n) is 2.16. The van der Waals surface area contributed by atoms with E-state index in [1.807, 2.05) is 29.6 Å². The number of carbonyl (C=O) groups is 1. The number of nitrogens with one attached hydrogen (secondary N) is 1. The molecule has 1 aromatic carbocycles. The van der Waals surface area contributed by atoms with E-state index < -0.39 is 6.10 Å². The van der Waals surface area contributed by atoms with Gasteiger partial charge in [-0.3, -0.25) is 4.79 Å². The van der Waals surface area contributed by atoms with E-state index in [0.29, 0.717) is 22.2 Å². The van der Waals surface area contributed by atoms with Gasteiger partial charge in [-0.25, -0.2) is 0 Å². The van der Waals surface area contributed by atoms with Gasteiger partial charge in [0.1, 0.15) is 6.10 Å². The average Bonchev–Trinajstić information content (AvgIpc) is 3.26. The smallest absolute Gasteiger partial charge is 0.253 e. The molecule has 1 amide bonds. The Kier molecular flexibility index (Phi) is 5.58. The van der Waals surface area contributed by atoms with Crippen molar-refractivity contribution in [3.63, 3.8) is 0 Å². The summed E-state index contributed by atoms with van der Waals surface area (Å²) >= 11 is 14.9. The largest absolute Gasteiger partial charge is 0.382 e. The van der Waals surface area contributed by atoms with Crippen LogP contribution < -0.4 is 5.32 Å². The van der Waals surface area contributed by atoms with E-state index in [0.717, 1.165) is 14.6 Å². The number of aliphatic hydroxyl groups excluding tert-OH is 1. The van der Waals surface area contributed by atoms with E-state index in [1.165, 1.54) is 22.7 Å². The quantitative estimate of drug-likeness (QED) is 0.626. The summed E-state index contributed by atoms with van der Waals surface area (Å²) in [7, 11) is 0. The summed E-state index contributed by atoms with van der Waals surface area (Å²) in [5.74, 6) is -0.281. The van der Waals surface area contributed by atoms with Gasteiger partial charge in [-0.15, -0.1) is 22.7 Å². The molecule has 0 spiro atoms. The Morgan fingerprint density at radius 3 is 2.75 bits per heavy atom. The molecule has 2 aromatic heterocycles. The zero-order valence-electron chi connectivity index (χ0n) is 12.3. The highest BCUT2D eigenvalue weighted by atomic mass is 35.5. The molecule has 0 bridgehead atoms. The van der Waals surface area contributed by atoms with Crippen molar-refractivity contribution in [2.45, 2.75) is 12.6 Å². The minimum absolute atomic E-state index is 0.281. The molecule has 1 atom stereocenters. The number of halogens is 2. The molecule has 0 aliphatic rings. The van der Waals surface area contributed by atoms with Crippen LogP contribution in [0, 0.1) is 0 Å². The molecule has 0 fully saturated rings. The van der Waals surface area contributed by atoms with Crippen LogP contribution in [0.3, 0.4) is 0 Å². The fourth-order valence-corrected chi connectivity index (χ4v) is 4.29. The van der Waals surface area contributed by atoms with Gasteiger partial charge in [0.15, 0.2) is 0 Å². The van der Waals surface area contributed by atoms with Gasteiger partial charge >= 0.3 is 0 Å². The molecule has 124 valence electrons. The molecule has 3 nitrogen and oxygen atoms in total. The Hall–Kier alpha value is -1.37. The Balaban J connectivity index is 1.65. The molecule has 0 unspecified atom stereocenters. The highest BCUT2D eigenvalue weighted by Gasteiger charge is 2.15. The fraction of sp³-hybridized carbons (Fsp3) is 0.118. The number of rotatable bonds is 5. The molecule has 3 aromatic rings. The summed E-state index contributed by atoms with van der Waals surface area (Å²) in [6.45, 7) is 0.365. The Morgan fingerprint density at radius 1 is 1.17 bits per heavy atom. The summed E-state index contributed by atoms with van der Waals surface area (Å²) in [6, 6.07) is 12.4. The molecule has 0 aliphatic carbocycles. The first-order chi connectivity index (χ1) is 11.5. The van der Waals surface area contributed by atoms with Crippen molar-refractivity contribution in [1.29, 1.82) is 0 Å². The number of carbonyl (C=O) groups excluding carboxylic acids is 1. The van der Waals surface area contributed by atoms with E-state index in [-0.39, 0.29) is 5.91 Å². The molecule has 3 rings (SSSR count). The van der Waals surface area contributed by atoms with E-state index in [1.54, 1.807) is 18.2 Å². The van der Waals surface area contributed by atoms with Crippen LogP contribution in [0.25, 0.3) is 0 Å². The maximum absolute atomic E-state index is 12.2. The van der Waals surface area contributed by atoms with Gasteiger partial charge in [-0.2, -0.15) is 0 Å². The number of thiophene rings is 2. The highest BCUT2D eigenvalue weighted by Crippen LogP contribution is 2.31. The lowest BCUT2D eigenvalue weighted by molar-refractivity contribution is 0.0951. The van der Waals surface area contributed by atoms with E-state index in [2.05, 4.69) is 5.32 Å². The Morgan fingerprint density at radius 2 is 2.00 bits per heavy atom. The van der Waals surface area contributed by atoms with Gasteiger partial charge in [0.05, 0.1) is 17.1 Å². The molecule has 0 radical (unpaired) electrons. The predicted molar refractivity (Wildman–Crippen MR) is 100 cm³/mol. The summed E-state index contributed by atoms with van der Waals surface area (Å²) in [5.41, 5.74) is 0.347. The van der Waals surface area contributed by atoms with Gasteiger partial charge in [0.2, 0.25) is 0 Å². The number of hydrogen-bond donors (Lipinski definition) is 2. The summed E-state index contributed by atoms with van der Waals surface area (Å²) < 4.78 is 0. The van der Waals surface area contributed by atoms with Crippen LogP contribution in [0.1, 0.15) is 31.1 Å². The second kappa shape index (κ2) is 7.68. The molecule has 0 saturated carbocycles. The van der Waals surface area contributed by atoms with Crippen molar-refractivity contribution in [2.24, 2.45) is 0 Å². The van der Waals surface area contributed by atoms with E-state index >= 15 is 0 Å². The van der Waals surface area contributed by atoms with Crippen LogP contribution in [0.2, 0.25) is 10.0 Å². The summed E-state index contributed by atoms with van der Waals surface area (Å²) in [4.78, 5) is 14.9. The average molecular weight is 398 g/mol. The van der Waals surface area contributed by atoms with Crippen molar-refractivity contribution in [3.8, 4) is 0 Å². The number of aliphatic hydroxyl groups is 1. The molecule has 0 saturated heterocycles. The lowest BCUT2D eigenvalue weighted by Gasteiger charge is -2.07. The zero-order chi connectivity index (χ0) is 17.1. The van der Waals surface area contributed by atoms with Crippen molar-refractivity contribution in [2.75, 3.05) is 0 Å².